The van der Waals surface area contributed by atoms with Gasteiger partial charge in [0.05, 0.1) is 6.04 Å². The summed E-state index contributed by atoms with van der Waals surface area (Å²) < 4.78 is 5.15. The minimum absolute atomic E-state index is 0.105. The Kier molecular flexibility index (Phi) is 4.50. The molecule has 1 heterocycles. The molecule has 4 heteroatoms. The van der Waals surface area contributed by atoms with E-state index in [4.69, 9.17) is 4.74 Å². The summed E-state index contributed by atoms with van der Waals surface area (Å²) in [6.07, 6.45) is 2.97. The van der Waals surface area contributed by atoms with Crippen LogP contribution in [0.4, 0.5) is 4.79 Å². The number of hydrogen-bond donors (Lipinski definition) is 1. The smallest absolute Gasteiger partial charge is 0.407 e. The lowest BCUT2D eigenvalue weighted by atomic mass is 10.1. The van der Waals surface area contributed by atoms with Crippen LogP contribution in [0, 0.1) is 0 Å². The molecule has 1 aromatic carbocycles. The Bertz CT molecular complexity index is 514. The topological polar surface area (TPSA) is 51.2 Å². The second kappa shape index (κ2) is 6.54. The maximum absolute atomic E-state index is 11.7. The highest BCUT2D eigenvalue weighted by Crippen LogP contribution is 2.10. The SMILES string of the molecule is CC(NC(=O)OCc1ccccc1)c1ccncc1. The summed E-state index contributed by atoms with van der Waals surface area (Å²) in [5.41, 5.74) is 1.96. The number of ether oxygens (including phenoxy) is 1. The molecular weight excluding hydrogens is 240 g/mol. The average Bonchev–Trinajstić information content (AvgIpc) is 2.47. The molecular formula is C15H16N2O2. The molecule has 98 valence electrons. The van der Waals surface area contributed by atoms with Gasteiger partial charge in [-0.2, -0.15) is 0 Å². The lowest BCUT2D eigenvalue weighted by molar-refractivity contribution is 0.136. The molecule has 1 unspecified atom stereocenters. The number of aromatic nitrogens is 1. The molecule has 2 aromatic rings. The Morgan fingerprint density at radius 3 is 2.58 bits per heavy atom. The third kappa shape index (κ3) is 4.10. The summed E-state index contributed by atoms with van der Waals surface area (Å²) >= 11 is 0. The minimum atomic E-state index is -0.423. The molecule has 0 saturated heterocycles. The third-order valence-electron chi connectivity index (χ3n) is 2.75. The van der Waals surface area contributed by atoms with Crippen molar-refractivity contribution in [1.29, 1.82) is 0 Å². The molecule has 19 heavy (non-hydrogen) atoms. The first-order valence-corrected chi connectivity index (χ1v) is 6.13. The van der Waals surface area contributed by atoms with Crippen molar-refractivity contribution >= 4 is 6.09 Å². The second-order valence-electron chi connectivity index (χ2n) is 4.21. The van der Waals surface area contributed by atoms with Crippen LogP contribution in [-0.4, -0.2) is 11.1 Å². The standard InChI is InChI=1S/C15H16N2O2/c1-12(14-7-9-16-10-8-14)17-15(18)19-11-13-5-3-2-4-6-13/h2-10,12H,11H2,1H3,(H,17,18). The van der Waals surface area contributed by atoms with Gasteiger partial charge in [-0.05, 0) is 30.2 Å². The van der Waals surface area contributed by atoms with Crippen LogP contribution < -0.4 is 5.32 Å². The summed E-state index contributed by atoms with van der Waals surface area (Å²) in [6, 6.07) is 13.2. The Morgan fingerprint density at radius 2 is 1.89 bits per heavy atom. The number of benzene rings is 1. The zero-order valence-corrected chi connectivity index (χ0v) is 10.7. The lowest BCUT2D eigenvalue weighted by Gasteiger charge is -2.14. The zero-order chi connectivity index (χ0) is 13.5. The predicted molar refractivity (Wildman–Crippen MR) is 72.4 cm³/mol. The molecule has 0 bridgehead atoms. The van der Waals surface area contributed by atoms with Crippen molar-refractivity contribution in [2.24, 2.45) is 0 Å². The fraction of sp³-hybridized carbons (Fsp3) is 0.200. The highest BCUT2D eigenvalue weighted by atomic mass is 16.5. The highest BCUT2D eigenvalue weighted by Gasteiger charge is 2.09. The Morgan fingerprint density at radius 1 is 1.21 bits per heavy atom. The molecule has 0 saturated carbocycles. The molecule has 0 aliphatic rings. The highest BCUT2D eigenvalue weighted by molar-refractivity contribution is 5.67. The van der Waals surface area contributed by atoms with E-state index in [9.17, 15) is 4.79 Å². The number of nitrogens with one attached hydrogen (secondary N) is 1. The quantitative estimate of drug-likeness (QED) is 0.914. The minimum Gasteiger partial charge on any atom is -0.445 e. The van der Waals surface area contributed by atoms with Gasteiger partial charge in [0.15, 0.2) is 0 Å². The Labute approximate surface area is 112 Å². The molecule has 4 nitrogen and oxygen atoms in total. The zero-order valence-electron chi connectivity index (χ0n) is 10.7. The van der Waals surface area contributed by atoms with Crippen molar-refractivity contribution in [3.8, 4) is 0 Å². The number of pyridine rings is 1. The summed E-state index contributed by atoms with van der Waals surface area (Å²) in [7, 11) is 0. The van der Waals surface area contributed by atoms with Gasteiger partial charge in [-0.1, -0.05) is 30.3 Å². The predicted octanol–water partition coefficient (Wildman–Crippen LogP) is 3.07. The van der Waals surface area contributed by atoms with Crippen molar-refractivity contribution in [3.63, 3.8) is 0 Å². The number of carbonyl (C=O) groups is 1. The summed E-state index contributed by atoms with van der Waals surface area (Å²) in [6.45, 7) is 2.18. The number of alkyl carbamates (subject to hydrolysis) is 1. The van der Waals surface area contributed by atoms with Gasteiger partial charge in [-0.3, -0.25) is 4.98 Å². The normalized spacial score (nSPS) is 11.6. The van der Waals surface area contributed by atoms with E-state index >= 15 is 0 Å². The Balaban J connectivity index is 1.82. The van der Waals surface area contributed by atoms with Crippen LogP contribution in [0.3, 0.4) is 0 Å². The summed E-state index contributed by atoms with van der Waals surface area (Å²) in [5, 5.41) is 2.78. The van der Waals surface area contributed by atoms with Crippen molar-refractivity contribution in [1.82, 2.24) is 10.3 Å². The molecule has 2 rings (SSSR count). The number of hydrogen-bond acceptors (Lipinski definition) is 3. The van der Waals surface area contributed by atoms with Crippen LogP contribution in [0.15, 0.2) is 54.9 Å². The van der Waals surface area contributed by atoms with Gasteiger partial charge in [0.2, 0.25) is 0 Å². The molecule has 0 radical (unpaired) electrons. The largest absolute Gasteiger partial charge is 0.445 e. The van der Waals surface area contributed by atoms with Gasteiger partial charge in [0.25, 0.3) is 0 Å². The van der Waals surface area contributed by atoms with Gasteiger partial charge in [0.1, 0.15) is 6.61 Å². The molecule has 0 spiro atoms. The molecule has 1 amide bonds. The second-order valence-corrected chi connectivity index (χ2v) is 4.21. The monoisotopic (exact) mass is 256 g/mol. The van der Waals surface area contributed by atoms with Crippen LogP contribution in [-0.2, 0) is 11.3 Å². The first kappa shape index (κ1) is 13.1. The Hall–Kier alpha value is -2.36. The van der Waals surface area contributed by atoms with Crippen LogP contribution in [0.25, 0.3) is 0 Å². The number of nitrogens with zero attached hydrogens (tertiary/aromatic N) is 1. The molecule has 1 aromatic heterocycles. The van der Waals surface area contributed by atoms with Crippen LogP contribution in [0.2, 0.25) is 0 Å². The number of amides is 1. The van der Waals surface area contributed by atoms with Crippen molar-refractivity contribution in [3.05, 3.63) is 66.0 Å². The molecule has 1 N–H and O–H groups in total. The van der Waals surface area contributed by atoms with E-state index in [1.54, 1.807) is 12.4 Å². The number of carbonyl (C=O) groups excluding carboxylic acids is 1. The van der Waals surface area contributed by atoms with Crippen molar-refractivity contribution in [2.45, 2.75) is 19.6 Å². The van der Waals surface area contributed by atoms with Gasteiger partial charge < -0.3 is 10.1 Å². The van der Waals surface area contributed by atoms with Crippen molar-refractivity contribution < 1.29 is 9.53 Å². The van der Waals surface area contributed by atoms with Gasteiger partial charge in [0, 0.05) is 12.4 Å². The van der Waals surface area contributed by atoms with E-state index in [0.29, 0.717) is 0 Å². The lowest BCUT2D eigenvalue weighted by Crippen LogP contribution is -2.27. The summed E-state index contributed by atoms with van der Waals surface area (Å²) in [5.74, 6) is 0. The molecule has 0 aliphatic heterocycles. The number of rotatable bonds is 4. The molecule has 0 aliphatic carbocycles. The average molecular weight is 256 g/mol. The van der Waals surface area contributed by atoms with Gasteiger partial charge >= 0.3 is 6.09 Å². The first-order chi connectivity index (χ1) is 9.25. The fourth-order valence-corrected chi connectivity index (χ4v) is 1.68. The third-order valence-corrected chi connectivity index (χ3v) is 2.75. The van der Waals surface area contributed by atoms with Crippen LogP contribution in [0.1, 0.15) is 24.1 Å². The fourth-order valence-electron chi connectivity index (χ4n) is 1.68. The maximum Gasteiger partial charge on any atom is 0.407 e. The van der Waals surface area contributed by atoms with Crippen molar-refractivity contribution in [2.75, 3.05) is 0 Å². The van der Waals surface area contributed by atoms with E-state index in [1.807, 2.05) is 49.4 Å². The summed E-state index contributed by atoms with van der Waals surface area (Å²) in [4.78, 5) is 15.6. The maximum atomic E-state index is 11.7. The van der Waals surface area contributed by atoms with E-state index < -0.39 is 6.09 Å². The van der Waals surface area contributed by atoms with E-state index in [-0.39, 0.29) is 12.6 Å². The molecule has 1 atom stereocenters. The van der Waals surface area contributed by atoms with Crippen LogP contribution >= 0.6 is 0 Å². The van der Waals surface area contributed by atoms with Crippen LogP contribution in [0.5, 0.6) is 0 Å². The van der Waals surface area contributed by atoms with E-state index in [0.717, 1.165) is 11.1 Å². The van der Waals surface area contributed by atoms with Gasteiger partial charge in [-0.15, -0.1) is 0 Å². The van der Waals surface area contributed by atoms with Gasteiger partial charge in [-0.25, -0.2) is 4.79 Å². The molecule has 0 fully saturated rings. The van der Waals surface area contributed by atoms with E-state index in [2.05, 4.69) is 10.3 Å². The first-order valence-electron chi connectivity index (χ1n) is 6.13. The van der Waals surface area contributed by atoms with E-state index in [1.165, 1.54) is 0 Å².